The Morgan fingerprint density at radius 2 is 1.55 bits per heavy atom. The van der Waals surface area contributed by atoms with Crippen molar-refractivity contribution in [3.05, 3.63) is 135 Å². The van der Waals surface area contributed by atoms with E-state index in [0.29, 0.717) is 61.0 Å². The van der Waals surface area contributed by atoms with Crippen molar-refractivity contribution in [1.29, 1.82) is 0 Å². The standard InChI is InChI=1S/C44H41ClF3N9O7/c1-25(2)32-22-33(38(59)23-37(32)58)39-52-53-42(62)57(39)29-9-4-26(5-10-29)24-55-16-18-56(19-17-55)43(63)54(3)40(60)36-21-31(14-15-49-36)64-30-11-6-27(7-12-30)50-41(61)51-28-8-13-35(45)34(20-28)44(46,47)48/h4-15,20-23,25,58-59H,16-19,24H2,1-3H3,(H,53,62)(H2,50,51,61). The second-order valence-corrected chi connectivity index (χ2v) is 15.5. The molecule has 3 heterocycles. The van der Waals surface area contributed by atoms with Crippen molar-refractivity contribution >= 4 is 40.9 Å². The topological polar surface area (TPSA) is 198 Å². The van der Waals surface area contributed by atoms with Crippen LogP contribution in [0.1, 0.15) is 46.9 Å². The highest BCUT2D eigenvalue weighted by molar-refractivity contribution is 6.31. The molecule has 5 N–H and O–H groups in total. The Labute approximate surface area is 368 Å². The number of rotatable bonds is 10. The minimum Gasteiger partial charge on any atom is -0.508 e. The maximum absolute atomic E-state index is 13.4. The average Bonchev–Trinajstić information content (AvgIpc) is 3.64. The van der Waals surface area contributed by atoms with Gasteiger partial charge in [-0.25, -0.2) is 24.0 Å². The third-order valence-electron chi connectivity index (χ3n) is 10.3. The molecule has 332 valence electrons. The number of benzene rings is 4. The first-order valence-corrected chi connectivity index (χ1v) is 20.1. The summed E-state index contributed by atoms with van der Waals surface area (Å²) < 4.78 is 46.8. The summed E-state index contributed by atoms with van der Waals surface area (Å²) in [4.78, 5) is 61.0. The Bertz CT molecular complexity index is 2750. The Morgan fingerprint density at radius 3 is 2.22 bits per heavy atom. The minimum absolute atomic E-state index is 0.0359. The maximum atomic E-state index is 13.4. The summed E-state index contributed by atoms with van der Waals surface area (Å²) in [6.07, 6.45) is -3.33. The maximum Gasteiger partial charge on any atom is 0.417 e. The molecule has 0 bridgehead atoms. The number of piperazine rings is 1. The third kappa shape index (κ3) is 10.1. The molecular weight excluding hydrogens is 859 g/mol. The largest absolute Gasteiger partial charge is 0.508 e. The summed E-state index contributed by atoms with van der Waals surface area (Å²) in [7, 11) is 1.38. The third-order valence-corrected chi connectivity index (χ3v) is 10.7. The number of amides is 5. The van der Waals surface area contributed by atoms with E-state index in [-0.39, 0.29) is 40.4 Å². The number of urea groups is 2. The van der Waals surface area contributed by atoms with Gasteiger partial charge in [0.2, 0.25) is 0 Å². The van der Waals surface area contributed by atoms with Gasteiger partial charge >= 0.3 is 23.9 Å². The number of ether oxygens (including phenoxy) is 1. The predicted molar refractivity (Wildman–Crippen MR) is 231 cm³/mol. The number of anilines is 2. The number of hydrogen-bond donors (Lipinski definition) is 5. The van der Waals surface area contributed by atoms with Crippen molar-refractivity contribution < 1.29 is 42.5 Å². The van der Waals surface area contributed by atoms with Crippen LogP contribution in [0.25, 0.3) is 17.1 Å². The van der Waals surface area contributed by atoms with Gasteiger partial charge in [-0.1, -0.05) is 37.6 Å². The number of carbonyl (C=O) groups is 3. The van der Waals surface area contributed by atoms with E-state index in [1.165, 1.54) is 66.3 Å². The van der Waals surface area contributed by atoms with Gasteiger partial charge in [-0.05, 0) is 83.8 Å². The number of phenolic OH excluding ortho intramolecular Hbond substituents is 2. The monoisotopic (exact) mass is 899 g/mol. The first kappa shape index (κ1) is 44.7. The summed E-state index contributed by atoms with van der Waals surface area (Å²) in [5.74, 6) is -0.193. The van der Waals surface area contributed by atoms with E-state index in [0.717, 1.165) is 22.6 Å². The van der Waals surface area contributed by atoms with E-state index in [1.807, 2.05) is 26.0 Å². The van der Waals surface area contributed by atoms with Gasteiger partial charge in [-0.3, -0.25) is 19.6 Å². The molecule has 7 rings (SSSR count). The normalized spacial score (nSPS) is 13.2. The summed E-state index contributed by atoms with van der Waals surface area (Å²) in [6, 6.07) is 20.9. The van der Waals surface area contributed by atoms with Crippen molar-refractivity contribution in [2.75, 3.05) is 43.9 Å². The summed E-state index contributed by atoms with van der Waals surface area (Å²) in [6.45, 7) is 6.15. The molecule has 1 aliphatic heterocycles. The van der Waals surface area contributed by atoms with E-state index in [9.17, 15) is 42.6 Å². The van der Waals surface area contributed by atoms with Crippen LogP contribution in [0.15, 0.2) is 102 Å². The second-order valence-electron chi connectivity index (χ2n) is 15.1. The van der Waals surface area contributed by atoms with Crippen LogP contribution < -0.4 is 21.1 Å². The van der Waals surface area contributed by atoms with Crippen LogP contribution >= 0.6 is 11.6 Å². The summed E-state index contributed by atoms with van der Waals surface area (Å²) in [5, 5.41) is 31.9. The molecule has 0 aliphatic carbocycles. The highest BCUT2D eigenvalue weighted by atomic mass is 35.5. The van der Waals surface area contributed by atoms with E-state index in [2.05, 4.69) is 30.7 Å². The summed E-state index contributed by atoms with van der Waals surface area (Å²) in [5.41, 5.74) is 0.949. The molecule has 4 aromatic carbocycles. The number of aromatic nitrogens is 4. The van der Waals surface area contributed by atoms with Crippen molar-refractivity contribution in [2.45, 2.75) is 32.5 Å². The first-order valence-electron chi connectivity index (χ1n) is 19.8. The van der Waals surface area contributed by atoms with Crippen molar-refractivity contribution in [3.8, 4) is 40.1 Å². The van der Waals surface area contributed by atoms with Gasteiger partial charge < -0.3 is 30.5 Å². The van der Waals surface area contributed by atoms with E-state index >= 15 is 0 Å². The zero-order chi connectivity index (χ0) is 45.9. The highest BCUT2D eigenvalue weighted by Crippen LogP contribution is 2.38. The molecule has 5 amide bonds. The highest BCUT2D eigenvalue weighted by Gasteiger charge is 2.34. The van der Waals surface area contributed by atoms with Crippen LogP contribution in [-0.2, 0) is 12.7 Å². The SMILES string of the molecule is CC(C)c1cc(-c2n[nH]c(=O)n2-c2ccc(CN3CCN(C(=O)N(C)C(=O)c4cc(Oc5ccc(NC(=O)Nc6ccc(Cl)c(C(F)(F)F)c6)cc5)ccn4)CC3)cc2)c(O)cc1O. The number of phenols is 2. The number of H-pyrrole nitrogens is 1. The molecule has 2 aromatic heterocycles. The number of imide groups is 1. The second kappa shape index (κ2) is 18.5. The van der Waals surface area contributed by atoms with Crippen molar-refractivity contribution in [2.24, 2.45) is 0 Å². The van der Waals surface area contributed by atoms with Gasteiger partial charge in [-0.15, -0.1) is 0 Å². The molecule has 1 fully saturated rings. The number of carbonyl (C=O) groups excluding carboxylic acids is 3. The predicted octanol–water partition coefficient (Wildman–Crippen LogP) is 8.28. The van der Waals surface area contributed by atoms with Gasteiger partial charge in [0.25, 0.3) is 5.91 Å². The van der Waals surface area contributed by atoms with Crippen LogP contribution in [0.3, 0.4) is 0 Å². The number of aromatic hydroxyl groups is 2. The Morgan fingerprint density at radius 1 is 0.875 bits per heavy atom. The van der Waals surface area contributed by atoms with Crippen LogP contribution in [0.2, 0.25) is 5.02 Å². The molecule has 20 heteroatoms. The van der Waals surface area contributed by atoms with Crippen LogP contribution in [0.5, 0.6) is 23.0 Å². The number of hydrogen-bond acceptors (Lipinski definition) is 10. The summed E-state index contributed by atoms with van der Waals surface area (Å²) >= 11 is 5.65. The van der Waals surface area contributed by atoms with Crippen LogP contribution in [0, 0.1) is 0 Å². The van der Waals surface area contributed by atoms with Gasteiger partial charge in [0.15, 0.2) is 5.82 Å². The molecule has 1 saturated heterocycles. The van der Waals surface area contributed by atoms with Gasteiger partial charge in [-0.2, -0.15) is 18.3 Å². The lowest BCUT2D eigenvalue weighted by molar-refractivity contribution is -0.137. The van der Waals surface area contributed by atoms with E-state index in [1.54, 1.807) is 23.1 Å². The zero-order valence-corrected chi connectivity index (χ0v) is 35.2. The van der Waals surface area contributed by atoms with Crippen LogP contribution in [0.4, 0.5) is 34.1 Å². The fraction of sp³-hybridized carbons (Fsp3) is 0.227. The molecule has 0 saturated carbocycles. The molecule has 16 nitrogen and oxygen atoms in total. The average molecular weight is 900 g/mol. The lowest BCUT2D eigenvalue weighted by Crippen LogP contribution is -2.52. The van der Waals surface area contributed by atoms with Crippen molar-refractivity contribution in [1.82, 2.24) is 34.4 Å². The molecule has 0 radical (unpaired) electrons. The Balaban J connectivity index is 0.900. The smallest absolute Gasteiger partial charge is 0.417 e. The minimum atomic E-state index is -4.69. The van der Waals surface area contributed by atoms with Gasteiger partial charge in [0.05, 0.1) is 21.8 Å². The molecule has 0 spiro atoms. The van der Waals surface area contributed by atoms with Crippen LogP contribution in [-0.4, -0.2) is 95.9 Å². The molecule has 1 aliphatic rings. The molecule has 64 heavy (non-hydrogen) atoms. The van der Waals surface area contributed by atoms with Gasteiger partial charge in [0.1, 0.15) is 28.7 Å². The van der Waals surface area contributed by atoms with E-state index < -0.39 is 40.4 Å². The molecule has 6 aromatic rings. The molecule has 0 unspecified atom stereocenters. The zero-order valence-electron chi connectivity index (χ0n) is 34.5. The quantitative estimate of drug-likeness (QED) is 0.0892. The molecule has 0 atom stereocenters. The number of alkyl halides is 3. The first-order chi connectivity index (χ1) is 30.4. The number of aromatic amines is 1. The van der Waals surface area contributed by atoms with Gasteiger partial charge in [0, 0.05) is 69.5 Å². The number of pyridine rings is 1. The number of nitrogens with one attached hydrogen (secondary N) is 3. The Kier molecular flexibility index (Phi) is 12.9. The fourth-order valence-corrected chi connectivity index (χ4v) is 7.20. The lowest BCUT2D eigenvalue weighted by Gasteiger charge is -2.36. The Hall–Kier alpha value is -7.38. The fourth-order valence-electron chi connectivity index (χ4n) is 6.98. The number of halogens is 4. The van der Waals surface area contributed by atoms with E-state index in [4.69, 9.17) is 16.3 Å². The molecular formula is C44H41ClF3N9O7. The number of nitrogens with zero attached hydrogens (tertiary/aromatic N) is 6. The lowest BCUT2D eigenvalue weighted by atomic mass is 9.98. The van der Waals surface area contributed by atoms with Crippen molar-refractivity contribution in [3.63, 3.8) is 0 Å².